The highest BCUT2D eigenvalue weighted by Gasteiger charge is 2.26. The van der Waals surface area contributed by atoms with E-state index in [-0.39, 0.29) is 11.7 Å². The van der Waals surface area contributed by atoms with Crippen LogP contribution in [0.2, 0.25) is 0 Å². The second-order valence-electron chi connectivity index (χ2n) is 7.58. The minimum atomic E-state index is -0.217. The molecule has 5 aromatic rings. The first-order valence-electron chi connectivity index (χ1n) is 10.0. The van der Waals surface area contributed by atoms with E-state index in [1.807, 2.05) is 12.1 Å². The van der Waals surface area contributed by atoms with Gasteiger partial charge >= 0.3 is 5.69 Å². The minimum absolute atomic E-state index is 0.133. The number of nitrogens with one attached hydrogen (secondary N) is 1. The molecular formula is C22H16N8O. The van der Waals surface area contributed by atoms with Crippen LogP contribution in [0.1, 0.15) is 35.7 Å². The molecule has 9 heteroatoms. The summed E-state index contributed by atoms with van der Waals surface area (Å²) in [5, 5.41) is 9.24. The first kappa shape index (κ1) is 17.5. The molecule has 1 aliphatic carbocycles. The standard InChI is InChI=1S/C22H16N8O/c23-10-13-6-7-16-19(9-13)29(12-26-16)21-25-11-17-20(28-21)30(22(31)27-17)18-5-1-4-15-14(18)3-2-8-24-15/h2-3,6-9,11-12,18H,1,4-5H2,(H,27,31)/t18-/m1/s1. The summed E-state index contributed by atoms with van der Waals surface area (Å²) in [6, 6.07) is 11.2. The quantitative estimate of drug-likeness (QED) is 0.480. The Bertz CT molecular complexity index is 1570. The van der Waals surface area contributed by atoms with E-state index in [0.29, 0.717) is 22.7 Å². The SMILES string of the molecule is N#Cc1ccc2ncn(-c3ncc4[nH]c(=O)n([C@@H]5CCCc6ncccc65)c4n3)c2c1. The maximum Gasteiger partial charge on any atom is 0.328 e. The average molecular weight is 408 g/mol. The zero-order chi connectivity index (χ0) is 20.9. The molecule has 1 atom stereocenters. The Hall–Kier alpha value is -4.32. The monoisotopic (exact) mass is 408 g/mol. The fraction of sp³-hybridized carbons (Fsp3) is 0.182. The van der Waals surface area contributed by atoms with E-state index >= 15 is 0 Å². The highest BCUT2D eigenvalue weighted by Crippen LogP contribution is 2.32. The molecule has 0 bridgehead atoms. The number of fused-ring (bicyclic) bond motifs is 3. The van der Waals surface area contributed by atoms with Crippen LogP contribution in [-0.2, 0) is 6.42 Å². The molecule has 0 radical (unpaired) electrons. The third-order valence-corrected chi connectivity index (χ3v) is 5.82. The lowest BCUT2D eigenvalue weighted by atomic mass is 9.91. The van der Waals surface area contributed by atoms with E-state index in [2.05, 4.69) is 26.0 Å². The molecule has 0 saturated carbocycles. The van der Waals surface area contributed by atoms with E-state index in [1.165, 1.54) is 0 Å². The van der Waals surface area contributed by atoms with E-state index < -0.39 is 0 Å². The Kier molecular flexibility index (Phi) is 3.73. The number of aromatic nitrogens is 7. The van der Waals surface area contributed by atoms with Crippen LogP contribution in [0, 0.1) is 11.3 Å². The maximum atomic E-state index is 12.9. The van der Waals surface area contributed by atoms with Crippen LogP contribution < -0.4 is 5.69 Å². The molecule has 0 unspecified atom stereocenters. The first-order chi connectivity index (χ1) is 15.2. The Morgan fingerprint density at radius 2 is 2.13 bits per heavy atom. The predicted molar refractivity (Wildman–Crippen MR) is 113 cm³/mol. The fourth-order valence-corrected chi connectivity index (χ4v) is 4.40. The molecule has 9 nitrogen and oxygen atoms in total. The van der Waals surface area contributed by atoms with Crippen molar-refractivity contribution in [3.05, 3.63) is 76.4 Å². The van der Waals surface area contributed by atoms with Gasteiger partial charge in [0.2, 0.25) is 5.95 Å². The zero-order valence-corrected chi connectivity index (χ0v) is 16.4. The molecule has 0 spiro atoms. The lowest BCUT2D eigenvalue weighted by Crippen LogP contribution is -2.27. The van der Waals surface area contributed by atoms with Crippen LogP contribution >= 0.6 is 0 Å². The Labute approximate surface area is 175 Å². The van der Waals surface area contributed by atoms with Gasteiger partial charge in [0.05, 0.1) is 34.9 Å². The van der Waals surface area contributed by atoms with Crippen molar-refractivity contribution in [2.45, 2.75) is 25.3 Å². The first-order valence-corrected chi connectivity index (χ1v) is 10.0. The van der Waals surface area contributed by atoms with Crippen molar-refractivity contribution in [3.8, 4) is 12.0 Å². The lowest BCUT2D eigenvalue weighted by Gasteiger charge is -2.25. The maximum absolute atomic E-state index is 12.9. The van der Waals surface area contributed by atoms with E-state index in [4.69, 9.17) is 4.98 Å². The molecule has 0 saturated heterocycles. The zero-order valence-electron chi connectivity index (χ0n) is 16.4. The molecule has 4 heterocycles. The van der Waals surface area contributed by atoms with Gasteiger partial charge in [0.15, 0.2) is 5.65 Å². The third kappa shape index (κ3) is 2.65. The molecule has 1 aromatic carbocycles. The second kappa shape index (κ2) is 6.60. The molecule has 0 amide bonds. The second-order valence-corrected chi connectivity index (χ2v) is 7.58. The molecule has 1 N–H and O–H groups in total. The topological polar surface area (TPSA) is 118 Å². The molecule has 1 aliphatic rings. The van der Waals surface area contributed by atoms with E-state index in [0.717, 1.165) is 41.6 Å². The molecule has 0 fully saturated rings. The average Bonchev–Trinajstić information content (AvgIpc) is 3.37. The number of benzene rings is 1. The summed E-state index contributed by atoms with van der Waals surface area (Å²) >= 11 is 0. The molecular weight excluding hydrogens is 392 g/mol. The predicted octanol–water partition coefficient (Wildman–Crippen LogP) is 2.65. The molecule has 150 valence electrons. The highest BCUT2D eigenvalue weighted by atomic mass is 16.1. The van der Waals surface area contributed by atoms with Crippen LogP contribution in [-0.4, -0.2) is 34.1 Å². The Morgan fingerprint density at radius 3 is 3.03 bits per heavy atom. The van der Waals surface area contributed by atoms with Crippen LogP contribution in [0.5, 0.6) is 0 Å². The number of nitrogens with zero attached hydrogens (tertiary/aromatic N) is 7. The van der Waals surface area contributed by atoms with E-state index in [9.17, 15) is 10.1 Å². The third-order valence-electron chi connectivity index (χ3n) is 5.82. The van der Waals surface area contributed by atoms with Crippen LogP contribution in [0.3, 0.4) is 0 Å². The van der Waals surface area contributed by atoms with Gasteiger partial charge in [-0.2, -0.15) is 10.2 Å². The van der Waals surface area contributed by atoms with Gasteiger partial charge in [-0.05, 0) is 49.1 Å². The minimum Gasteiger partial charge on any atom is -0.303 e. The number of rotatable bonds is 2. The number of aromatic amines is 1. The molecule has 6 rings (SSSR count). The lowest BCUT2D eigenvalue weighted by molar-refractivity contribution is 0.481. The number of imidazole rings is 2. The normalized spacial score (nSPS) is 15.8. The molecule has 31 heavy (non-hydrogen) atoms. The largest absolute Gasteiger partial charge is 0.328 e. The van der Waals surface area contributed by atoms with Crippen LogP contribution in [0.25, 0.3) is 28.1 Å². The smallest absolute Gasteiger partial charge is 0.303 e. The van der Waals surface area contributed by atoms with Crippen molar-refractivity contribution >= 4 is 22.2 Å². The van der Waals surface area contributed by atoms with Gasteiger partial charge in [-0.15, -0.1) is 0 Å². The van der Waals surface area contributed by atoms with Gasteiger partial charge in [-0.25, -0.2) is 14.8 Å². The number of nitriles is 1. The van der Waals surface area contributed by atoms with Crippen LogP contribution in [0.4, 0.5) is 0 Å². The van der Waals surface area contributed by atoms with Crippen LogP contribution in [0.15, 0.2) is 53.8 Å². The number of H-pyrrole nitrogens is 1. The number of aryl methyl sites for hydroxylation is 1. The van der Waals surface area contributed by atoms with E-state index in [1.54, 1.807) is 46.1 Å². The number of hydrogen-bond acceptors (Lipinski definition) is 6. The Balaban J connectivity index is 1.56. The van der Waals surface area contributed by atoms with Gasteiger partial charge in [-0.3, -0.25) is 14.1 Å². The van der Waals surface area contributed by atoms with Crippen molar-refractivity contribution < 1.29 is 0 Å². The Morgan fingerprint density at radius 1 is 1.19 bits per heavy atom. The van der Waals surface area contributed by atoms with Gasteiger partial charge in [0.1, 0.15) is 11.8 Å². The summed E-state index contributed by atoms with van der Waals surface area (Å²) in [4.78, 5) is 33.8. The summed E-state index contributed by atoms with van der Waals surface area (Å²) < 4.78 is 3.44. The summed E-state index contributed by atoms with van der Waals surface area (Å²) in [5.41, 5.74) is 4.98. The number of pyridine rings is 1. The fourth-order valence-electron chi connectivity index (χ4n) is 4.40. The summed E-state index contributed by atoms with van der Waals surface area (Å²) in [7, 11) is 0. The van der Waals surface area contributed by atoms with Crippen molar-refractivity contribution in [1.82, 2.24) is 34.1 Å². The molecule has 0 aliphatic heterocycles. The highest BCUT2D eigenvalue weighted by molar-refractivity contribution is 5.79. The number of hydrogen-bond donors (Lipinski definition) is 1. The van der Waals surface area contributed by atoms with Gasteiger partial charge in [0, 0.05) is 11.9 Å². The van der Waals surface area contributed by atoms with Gasteiger partial charge in [0.25, 0.3) is 0 Å². The van der Waals surface area contributed by atoms with Crippen molar-refractivity contribution in [1.29, 1.82) is 5.26 Å². The summed E-state index contributed by atoms with van der Waals surface area (Å²) in [6.07, 6.45) is 7.73. The van der Waals surface area contributed by atoms with Crippen molar-refractivity contribution in [2.24, 2.45) is 0 Å². The van der Waals surface area contributed by atoms with Gasteiger partial charge < -0.3 is 4.98 Å². The molecule has 4 aromatic heterocycles. The summed E-state index contributed by atoms with van der Waals surface area (Å²) in [5.74, 6) is 0.389. The van der Waals surface area contributed by atoms with Crippen molar-refractivity contribution in [2.75, 3.05) is 0 Å². The summed E-state index contributed by atoms with van der Waals surface area (Å²) in [6.45, 7) is 0. The van der Waals surface area contributed by atoms with Gasteiger partial charge in [-0.1, -0.05) is 6.07 Å². The van der Waals surface area contributed by atoms with Crippen molar-refractivity contribution in [3.63, 3.8) is 0 Å².